The number of para-hydroxylation sites is 1. The fourth-order valence-corrected chi connectivity index (χ4v) is 3.10. The van der Waals surface area contributed by atoms with Crippen molar-refractivity contribution in [2.45, 2.75) is 0 Å². The second-order valence-corrected chi connectivity index (χ2v) is 6.87. The second-order valence-electron chi connectivity index (χ2n) is 6.46. The molecule has 2 amide bonds. The average molecular weight is 415 g/mol. The lowest BCUT2D eigenvalue weighted by Gasteiger charge is -2.11. The maximum atomic E-state index is 12.4. The van der Waals surface area contributed by atoms with E-state index in [1.165, 1.54) is 0 Å². The maximum absolute atomic E-state index is 12.4. The van der Waals surface area contributed by atoms with E-state index in [4.69, 9.17) is 16.6 Å². The normalized spacial score (nSPS) is 10.4. The first-order valence-corrected chi connectivity index (χ1v) is 9.57. The van der Waals surface area contributed by atoms with Crippen molar-refractivity contribution in [2.24, 2.45) is 0 Å². The van der Waals surface area contributed by atoms with Crippen molar-refractivity contribution in [1.82, 2.24) is 5.32 Å². The molecule has 1 heterocycles. The Morgan fingerprint density at radius 3 is 2.20 bits per heavy atom. The molecule has 1 aromatic heterocycles. The van der Waals surface area contributed by atoms with Crippen LogP contribution in [0.2, 0.25) is 0 Å². The number of thiocarbonyl (C=S) groups is 1. The third-order valence-corrected chi connectivity index (χ3v) is 4.49. The summed E-state index contributed by atoms with van der Waals surface area (Å²) in [6.45, 7) is 0. The molecule has 30 heavy (non-hydrogen) atoms. The van der Waals surface area contributed by atoms with Crippen molar-refractivity contribution in [3.63, 3.8) is 0 Å². The van der Waals surface area contributed by atoms with Gasteiger partial charge in [-0.25, -0.2) is 0 Å². The summed E-state index contributed by atoms with van der Waals surface area (Å²) in [7, 11) is 0. The summed E-state index contributed by atoms with van der Waals surface area (Å²) in [4.78, 5) is 24.7. The minimum atomic E-state index is -0.447. The zero-order valence-electron chi connectivity index (χ0n) is 15.7. The number of nitrogens with one attached hydrogen (secondary N) is 3. The Labute approximate surface area is 177 Å². The molecule has 4 aromatic rings. The van der Waals surface area contributed by atoms with Crippen LogP contribution < -0.4 is 16.0 Å². The third kappa shape index (κ3) is 4.53. The minimum Gasteiger partial charge on any atom is -0.451 e. The van der Waals surface area contributed by atoms with Gasteiger partial charge in [0.05, 0.1) is 0 Å². The van der Waals surface area contributed by atoms with Gasteiger partial charge in [-0.05, 0) is 54.7 Å². The van der Waals surface area contributed by atoms with Crippen LogP contribution in [0.1, 0.15) is 20.9 Å². The third-order valence-electron chi connectivity index (χ3n) is 4.29. The Balaban J connectivity index is 1.39. The Hall–Kier alpha value is -3.97. The molecule has 0 fully saturated rings. The zero-order valence-corrected chi connectivity index (χ0v) is 16.5. The Morgan fingerprint density at radius 1 is 0.733 bits per heavy atom. The van der Waals surface area contributed by atoms with E-state index in [2.05, 4.69) is 16.0 Å². The van der Waals surface area contributed by atoms with Gasteiger partial charge < -0.3 is 15.1 Å². The number of carbonyl (C=O) groups is 2. The first kappa shape index (κ1) is 19.4. The highest BCUT2D eigenvalue weighted by atomic mass is 32.1. The lowest BCUT2D eigenvalue weighted by atomic mass is 10.2. The van der Waals surface area contributed by atoms with Gasteiger partial charge in [0.25, 0.3) is 11.8 Å². The highest BCUT2D eigenvalue weighted by Crippen LogP contribution is 2.19. The van der Waals surface area contributed by atoms with Crippen LogP contribution >= 0.6 is 12.2 Å². The monoisotopic (exact) mass is 415 g/mol. The Bertz CT molecular complexity index is 1200. The number of anilines is 2. The largest absolute Gasteiger partial charge is 0.451 e. The lowest BCUT2D eigenvalue weighted by molar-refractivity contribution is 0.0952. The molecule has 148 valence electrons. The van der Waals surface area contributed by atoms with Gasteiger partial charge in [-0.3, -0.25) is 14.9 Å². The van der Waals surface area contributed by atoms with Crippen molar-refractivity contribution in [3.05, 3.63) is 96.3 Å². The first-order chi connectivity index (χ1) is 14.6. The van der Waals surface area contributed by atoms with Gasteiger partial charge >= 0.3 is 0 Å². The van der Waals surface area contributed by atoms with Crippen LogP contribution in [0.3, 0.4) is 0 Å². The highest BCUT2D eigenvalue weighted by Gasteiger charge is 2.14. The summed E-state index contributed by atoms with van der Waals surface area (Å²) in [6.07, 6.45) is 0. The fraction of sp³-hybridized carbons (Fsp3) is 0. The van der Waals surface area contributed by atoms with Gasteiger partial charge in [0, 0.05) is 22.3 Å². The summed E-state index contributed by atoms with van der Waals surface area (Å²) in [5.74, 6) is -0.491. The zero-order chi connectivity index (χ0) is 20.9. The number of hydrogen-bond donors (Lipinski definition) is 3. The predicted molar refractivity (Wildman–Crippen MR) is 121 cm³/mol. The van der Waals surface area contributed by atoms with Crippen molar-refractivity contribution in [2.75, 3.05) is 10.6 Å². The summed E-state index contributed by atoms with van der Waals surface area (Å²) >= 11 is 5.23. The van der Waals surface area contributed by atoms with Gasteiger partial charge in [0.15, 0.2) is 10.9 Å². The smallest absolute Gasteiger partial charge is 0.293 e. The van der Waals surface area contributed by atoms with Crippen LogP contribution in [-0.2, 0) is 0 Å². The molecule has 0 unspecified atom stereocenters. The molecule has 0 saturated heterocycles. The van der Waals surface area contributed by atoms with E-state index >= 15 is 0 Å². The summed E-state index contributed by atoms with van der Waals surface area (Å²) < 4.78 is 5.54. The fourth-order valence-electron chi connectivity index (χ4n) is 2.89. The predicted octanol–water partition coefficient (Wildman–Crippen LogP) is 4.81. The second kappa shape index (κ2) is 8.59. The van der Waals surface area contributed by atoms with Crippen molar-refractivity contribution in [3.8, 4) is 0 Å². The standard InChI is InChI=1S/C23H17N3O3S/c27-21(15-7-2-1-3-8-15)24-17-10-6-11-18(14-17)25-23(30)26-22(28)20-13-16-9-4-5-12-19(16)29-20/h1-14H,(H,24,27)(H2,25,26,28,30). The molecule has 0 aliphatic carbocycles. The molecular weight excluding hydrogens is 398 g/mol. The first-order valence-electron chi connectivity index (χ1n) is 9.16. The van der Waals surface area contributed by atoms with Gasteiger partial charge in [-0.15, -0.1) is 0 Å². The molecule has 7 heteroatoms. The number of carbonyl (C=O) groups excluding carboxylic acids is 2. The Morgan fingerprint density at radius 2 is 1.43 bits per heavy atom. The molecule has 4 rings (SSSR count). The molecule has 0 spiro atoms. The van der Waals surface area contributed by atoms with Crippen molar-refractivity contribution >= 4 is 51.5 Å². The topological polar surface area (TPSA) is 83.4 Å². The van der Waals surface area contributed by atoms with Crippen LogP contribution in [0.5, 0.6) is 0 Å². The molecule has 0 radical (unpaired) electrons. The number of hydrogen-bond acceptors (Lipinski definition) is 4. The molecule has 3 N–H and O–H groups in total. The number of furan rings is 1. The quantitative estimate of drug-likeness (QED) is 0.417. The van der Waals surface area contributed by atoms with Crippen LogP contribution in [0.4, 0.5) is 11.4 Å². The van der Waals surface area contributed by atoms with Gasteiger partial charge in [0.2, 0.25) is 0 Å². The van der Waals surface area contributed by atoms with Gasteiger partial charge in [0.1, 0.15) is 5.58 Å². The van der Waals surface area contributed by atoms with E-state index in [0.29, 0.717) is 22.5 Å². The molecule has 0 atom stereocenters. The molecule has 0 aliphatic rings. The summed E-state index contributed by atoms with van der Waals surface area (Å²) in [5.41, 5.74) is 2.41. The molecule has 0 aliphatic heterocycles. The van der Waals surface area contributed by atoms with Crippen molar-refractivity contribution < 1.29 is 14.0 Å². The van der Waals surface area contributed by atoms with E-state index in [9.17, 15) is 9.59 Å². The molecule has 0 saturated carbocycles. The Kier molecular flexibility index (Phi) is 5.54. The maximum Gasteiger partial charge on any atom is 0.293 e. The van der Waals surface area contributed by atoms with E-state index in [1.54, 1.807) is 60.7 Å². The van der Waals surface area contributed by atoms with E-state index in [-0.39, 0.29) is 16.8 Å². The van der Waals surface area contributed by atoms with E-state index in [0.717, 1.165) is 5.39 Å². The van der Waals surface area contributed by atoms with E-state index < -0.39 is 5.91 Å². The number of amides is 2. The molecule has 0 bridgehead atoms. The SMILES string of the molecule is O=C(Nc1cccc(NC(=S)NC(=O)c2cc3ccccc3o2)c1)c1ccccc1. The van der Waals surface area contributed by atoms with Gasteiger partial charge in [-0.2, -0.15) is 0 Å². The number of benzene rings is 3. The molecule has 6 nitrogen and oxygen atoms in total. The summed E-state index contributed by atoms with van der Waals surface area (Å²) in [6, 6.07) is 25.0. The van der Waals surface area contributed by atoms with Crippen LogP contribution in [-0.4, -0.2) is 16.9 Å². The van der Waals surface area contributed by atoms with Crippen LogP contribution in [0.25, 0.3) is 11.0 Å². The average Bonchev–Trinajstić information content (AvgIpc) is 3.19. The molecular formula is C23H17N3O3S. The number of fused-ring (bicyclic) bond motifs is 1. The minimum absolute atomic E-state index is 0.118. The lowest BCUT2D eigenvalue weighted by Crippen LogP contribution is -2.33. The van der Waals surface area contributed by atoms with Crippen LogP contribution in [0, 0.1) is 0 Å². The summed E-state index contributed by atoms with van der Waals surface area (Å²) in [5, 5.41) is 9.31. The van der Waals surface area contributed by atoms with Gasteiger partial charge in [-0.1, -0.05) is 42.5 Å². The van der Waals surface area contributed by atoms with Crippen molar-refractivity contribution in [1.29, 1.82) is 0 Å². The highest BCUT2D eigenvalue weighted by molar-refractivity contribution is 7.80. The van der Waals surface area contributed by atoms with E-state index in [1.807, 2.05) is 24.3 Å². The number of rotatable bonds is 4. The van der Waals surface area contributed by atoms with Crippen LogP contribution in [0.15, 0.2) is 89.3 Å². The molecule has 3 aromatic carbocycles.